The maximum absolute atomic E-state index is 12.4. The number of fused-ring (bicyclic) bond motifs is 2. The highest BCUT2D eigenvalue weighted by Gasteiger charge is 2.34. The first kappa shape index (κ1) is 17.9. The van der Waals surface area contributed by atoms with Crippen LogP contribution in [0.25, 0.3) is 0 Å². The molecule has 6 heteroatoms. The summed E-state index contributed by atoms with van der Waals surface area (Å²) in [7, 11) is 3.22. The predicted molar refractivity (Wildman–Crippen MR) is 91.6 cm³/mol. The maximum Gasteiger partial charge on any atom is 0.224 e. The highest BCUT2D eigenvalue weighted by Crippen LogP contribution is 2.29. The lowest BCUT2D eigenvalue weighted by Gasteiger charge is -2.29. The summed E-state index contributed by atoms with van der Waals surface area (Å²) in [5, 5.41) is 6.77. The van der Waals surface area contributed by atoms with Crippen LogP contribution in [0.15, 0.2) is 18.2 Å². The molecule has 0 saturated carbocycles. The summed E-state index contributed by atoms with van der Waals surface area (Å²) in [6.45, 7) is 0. The molecule has 0 aromatic heterocycles. The van der Waals surface area contributed by atoms with Crippen molar-refractivity contribution < 1.29 is 14.3 Å². The average molecular weight is 341 g/mol. The second-order valence-electron chi connectivity index (χ2n) is 6.19. The van der Waals surface area contributed by atoms with Crippen LogP contribution in [0.1, 0.15) is 31.2 Å². The third-order valence-electron chi connectivity index (χ3n) is 4.71. The molecule has 0 radical (unpaired) electrons. The van der Waals surface area contributed by atoms with Gasteiger partial charge in [-0.15, -0.1) is 12.4 Å². The molecule has 2 aliphatic rings. The van der Waals surface area contributed by atoms with Crippen molar-refractivity contribution in [3.05, 3.63) is 23.8 Å². The number of nitrogens with one attached hydrogen (secondary N) is 2. The molecule has 5 nitrogen and oxygen atoms in total. The van der Waals surface area contributed by atoms with Crippen LogP contribution >= 0.6 is 12.4 Å². The molecule has 0 spiro atoms. The number of ether oxygens (including phenoxy) is 2. The van der Waals surface area contributed by atoms with E-state index in [-0.39, 0.29) is 30.8 Å². The van der Waals surface area contributed by atoms with Crippen LogP contribution in [-0.4, -0.2) is 38.3 Å². The van der Waals surface area contributed by atoms with Gasteiger partial charge in [-0.3, -0.25) is 4.79 Å². The predicted octanol–water partition coefficient (Wildman–Crippen LogP) is 2.07. The van der Waals surface area contributed by atoms with Gasteiger partial charge in [-0.1, -0.05) is 6.07 Å². The standard InChI is InChI=1S/C17H24N2O3.ClH/c1-21-15-4-3-5-16(22-2)14(15)10-17(20)19-13-8-11-6-7-12(9-13)18-11;/h3-5,11-13,18H,6-10H2,1-2H3,(H,19,20);1H. The first-order chi connectivity index (χ1) is 10.7. The smallest absolute Gasteiger partial charge is 0.224 e. The molecule has 1 amide bonds. The Morgan fingerprint density at radius 1 is 1.17 bits per heavy atom. The topological polar surface area (TPSA) is 59.6 Å². The Bertz CT molecular complexity index is 518. The lowest BCUT2D eigenvalue weighted by molar-refractivity contribution is -0.121. The minimum Gasteiger partial charge on any atom is -0.496 e. The second-order valence-corrected chi connectivity index (χ2v) is 6.19. The van der Waals surface area contributed by atoms with E-state index in [0.29, 0.717) is 23.6 Å². The Labute approximate surface area is 143 Å². The van der Waals surface area contributed by atoms with Crippen molar-refractivity contribution in [3.63, 3.8) is 0 Å². The van der Waals surface area contributed by atoms with Gasteiger partial charge in [-0.25, -0.2) is 0 Å². The largest absolute Gasteiger partial charge is 0.496 e. The molecule has 2 heterocycles. The number of carbonyl (C=O) groups is 1. The number of carbonyl (C=O) groups excluding carboxylic acids is 1. The van der Waals surface area contributed by atoms with Gasteiger partial charge in [0.15, 0.2) is 0 Å². The number of amides is 1. The van der Waals surface area contributed by atoms with Gasteiger partial charge in [0.1, 0.15) is 11.5 Å². The lowest BCUT2D eigenvalue weighted by atomic mass is 9.99. The molecular weight excluding hydrogens is 316 g/mol. The number of rotatable bonds is 5. The Morgan fingerprint density at radius 2 is 1.74 bits per heavy atom. The van der Waals surface area contributed by atoms with Gasteiger partial charge < -0.3 is 20.1 Å². The van der Waals surface area contributed by atoms with E-state index in [1.165, 1.54) is 12.8 Å². The minimum atomic E-state index is 0. The number of hydrogen-bond acceptors (Lipinski definition) is 4. The van der Waals surface area contributed by atoms with Crippen molar-refractivity contribution in [2.75, 3.05) is 14.2 Å². The van der Waals surface area contributed by atoms with E-state index in [4.69, 9.17) is 9.47 Å². The first-order valence-electron chi connectivity index (χ1n) is 7.95. The van der Waals surface area contributed by atoms with Crippen molar-refractivity contribution in [2.24, 2.45) is 0 Å². The molecule has 128 valence electrons. The molecule has 2 unspecified atom stereocenters. The van der Waals surface area contributed by atoms with Crippen LogP contribution in [-0.2, 0) is 11.2 Å². The van der Waals surface area contributed by atoms with Crippen LogP contribution in [0.3, 0.4) is 0 Å². The fourth-order valence-electron chi connectivity index (χ4n) is 3.72. The van der Waals surface area contributed by atoms with Crippen molar-refractivity contribution in [2.45, 2.75) is 50.2 Å². The molecule has 2 fully saturated rings. The molecule has 1 aromatic rings. The average Bonchev–Trinajstić information content (AvgIpc) is 2.86. The van der Waals surface area contributed by atoms with Crippen LogP contribution in [0.5, 0.6) is 11.5 Å². The van der Waals surface area contributed by atoms with Gasteiger partial charge in [0, 0.05) is 23.7 Å². The Kier molecular flexibility index (Phi) is 6.13. The Balaban J connectivity index is 0.00000192. The number of benzene rings is 1. The van der Waals surface area contributed by atoms with Crippen molar-refractivity contribution in [3.8, 4) is 11.5 Å². The van der Waals surface area contributed by atoms with E-state index in [9.17, 15) is 4.79 Å². The zero-order chi connectivity index (χ0) is 15.5. The van der Waals surface area contributed by atoms with Gasteiger partial charge in [0.25, 0.3) is 0 Å². The van der Waals surface area contributed by atoms with Gasteiger partial charge in [0.05, 0.1) is 20.6 Å². The quantitative estimate of drug-likeness (QED) is 0.861. The van der Waals surface area contributed by atoms with Crippen LogP contribution in [0.2, 0.25) is 0 Å². The number of hydrogen-bond donors (Lipinski definition) is 2. The highest BCUT2D eigenvalue weighted by atomic mass is 35.5. The summed E-state index contributed by atoms with van der Waals surface area (Å²) >= 11 is 0. The third kappa shape index (κ3) is 4.09. The van der Waals surface area contributed by atoms with E-state index in [1.54, 1.807) is 14.2 Å². The molecule has 3 rings (SSSR count). The van der Waals surface area contributed by atoms with E-state index in [1.807, 2.05) is 18.2 Å². The van der Waals surface area contributed by atoms with Gasteiger partial charge >= 0.3 is 0 Å². The van der Waals surface area contributed by atoms with Crippen LogP contribution in [0, 0.1) is 0 Å². The van der Waals surface area contributed by atoms with Gasteiger partial charge in [-0.05, 0) is 37.8 Å². The fourth-order valence-corrected chi connectivity index (χ4v) is 3.72. The summed E-state index contributed by atoms with van der Waals surface area (Å²) in [5.74, 6) is 1.42. The molecule has 0 aliphatic carbocycles. The Morgan fingerprint density at radius 3 is 2.26 bits per heavy atom. The zero-order valence-electron chi connectivity index (χ0n) is 13.6. The van der Waals surface area contributed by atoms with Crippen molar-refractivity contribution in [1.29, 1.82) is 0 Å². The number of methoxy groups -OCH3 is 2. The molecule has 2 bridgehead atoms. The number of piperidine rings is 1. The zero-order valence-corrected chi connectivity index (χ0v) is 14.4. The van der Waals surface area contributed by atoms with Gasteiger partial charge in [-0.2, -0.15) is 0 Å². The minimum absolute atomic E-state index is 0. The molecule has 2 N–H and O–H groups in total. The van der Waals surface area contributed by atoms with E-state index in [0.717, 1.165) is 18.4 Å². The highest BCUT2D eigenvalue weighted by molar-refractivity contribution is 5.85. The van der Waals surface area contributed by atoms with Crippen LogP contribution < -0.4 is 20.1 Å². The van der Waals surface area contributed by atoms with Crippen molar-refractivity contribution in [1.82, 2.24) is 10.6 Å². The van der Waals surface area contributed by atoms with Gasteiger partial charge in [0.2, 0.25) is 5.91 Å². The Hall–Kier alpha value is -1.46. The second kappa shape index (κ2) is 7.88. The van der Waals surface area contributed by atoms with E-state index in [2.05, 4.69) is 10.6 Å². The molecule has 2 aliphatic heterocycles. The third-order valence-corrected chi connectivity index (χ3v) is 4.71. The summed E-state index contributed by atoms with van der Waals surface area (Å²) < 4.78 is 10.7. The molecule has 2 saturated heterocycles. The molecule has 1 aromatic carbocycles. The van der Waals surface area contributed by atoms with E-state index < -0.39 is 0 Å². The lowest BCUT2D eigenvalue weighted by Crippen LogP contribution is -2.48. The van der Waals surface area contributed by atoms with E-state index >= 15 is 0 Å². The summed E-state index contributed by atoms with van der Waals surface area (Å²) in [6.07, 6.45) is 4.82. The molecule has 23 heavy (non-hydrogen) atoms. The SMILES string of the molecule is COc1cccc(OC)c1CC(=O)NC1CC2CCC(C1)N2.Cl. The van der Waals surface area contributed by atoms with Crippen molar-refractivity contribution >= 4 is 18.3 Å². The number of halogens is 1. The normalized spacial score (nSPS) is 25.4. The molecule has 2 atom stereocenters. The summed E-state index contributed by atoms with van der Waals surface area (Å²) in [6, 6.07) is 7.01. The first-order valence-corrected chi connectivity index (χ1v) is 7.95. The summed E-state index contributed by atoms with van der Waals surface area (Å²) in [5.41, 5.74) is 0.807. The summed E-state index contributed by atoms with van der Waals surface area (Å²) in [4.78, 5) is 12.4. The molecular formula is C17H25ClN2O3. The monoisotopic (exact) mass is 340 g/mol. The van der Waals surface area contributed by atoms with Crippen LogP contribution in [0.4, 0.5) is 0 Å². The fraction of sp³-hybridized carbons (Fsp3) is 0.588. The maximum atomic E-state index is 12.4.